The van der Waals surface area contributed by atoms with Crippen LogP contribution >= 0.6 is 0 Å². The van der Waals surface area contributed by atoms with Crippen molar-refractivity contribution in [2.24, 2.45) is 0 Å². The van der Waals surface area contributed by atoms with Gasteiger partial charge in [0.25, 0.3) is 15.9 Å². The van der Waals surface area contributed by atoms with Gasteiger partial charge in [-0.3, -0.25) is 9.52 Å². The van der Waals surface area contributed by atoms with Gasteiger partial charge in [0, 0.05) is 11.4 Å². The molecular formula is C24H26N2O5S. The predicted octanol–water partition coefficient (Wildman–Crippen LogP) is 4.44. The van der Waals surface area contributed by atoms with E-state index in [1.165, 1.54) is 12.1 Å². The summed E-state index contributed by atoms with van der Waals surface area (Å²) in [5, 5.41) is 2.81. The number of rotatable bonds is 8. The van der Waals surface area contributed by atoms with Crippen molar-refractivity contribution in [1.29, 1.82) is 0 Å². The molecule has 32 heavy (non-hydrogen) atoms. The first-order chi connectivity index (χ1) is 15.2. The lowest BCUT2D eigenvalue weighted by atomic mass is 10.1. The Hall–Kier alpha value is -3.52. The average molecular weight is 455 g/mol. The molecule has 2 N–H and O–H groups in total. The largest absolute Gasteiger partial charge is 0.497 e. The molecule has 0 atom stereocenters. The summed E-state index contributed by atoms with van der Waals surface area (Å²) in [6.45, 7) is 5.46. The SMILES string of the molecule is COc1ccc(NS(=O)(=O)c2ccc(OCC(=O)Nc3cc(C)cc(C)c3)c(C)c2)cc1. The third-order valence-corrected chi connectivity index (χ3v) is 6.04. The Morgan fingerprint density at radius 1 is 0.875 bits per heavy atom. The minimum atomic E-state index is -3.78. The number of benzene rings is 3. The number of sulfonamides is 1. The number of hydrogen-bond donors (Lipinski definition) is 2. The summed E-state index contributed by atoms with van der Waals surface area (Å²) in [7, 11) is -2.24. The molecular weight excluding hydrogens is 428 g/mol. The Bertz CT molecular complexity index is 1200. The van der Waals surface area contributed by atoms with Gasteiger partial charge in [0.05, 0.1) is 12.0 Å². The van der Waals surface area contributed by atoms with Gasteiger partial charge in [0.1, 0.15) is 11.5 Å². The fourth-order valence-electron chi connectivity index (χ4n) is 3.21. The average Bonchev–Trinajstić information content (AvgIpc) is 2.72. The molecule has 0 aliphatic rings. The number of anilines is 2. The van der Waals surface area contributed by atoms with Crippen LogP contribution in [-0.4, -0.2) is 28.0 Å². The summed E-state index contributed by atoms with van der Waals surface area (Å²) in [5.41, 5.74) is 3.83. The van der Waals surface area contributed by atoms with E-state index in [0.29, 0.717) is 28.4 Å². The molecule has 0 bridgehead atoms. The standard InChI is InChI=1S/C24H26N2O5S/c1-16-11-17(2)13-20(12-16)25-24(27)15-31-23-10-9-22(14-18(23)3)32(28,29)26-19-5-7-21(30-4)8-6-19/h5-14,26H,15H2,1-4H3,(H,25,27). The van der Waals surface area contributed by atoms with E-state index in [1.54, 1.807) is 44.4 Å². The summed E-state index contributed by atoms with van der Waals surface area (Å²) in [6.07, 6.45) is 0. The summed E-state index contributed by atoms with van der Waals surface area (Å²) < 4.78 is 38.6. The van der Waals surface area contributed by atoms with Crippen LogP contribution in [0.4, 0.5) is 11.4 Å². The molecule has 0 heterocycles. The highest BCUT2D eigenvalue weighted by Gasteiger charge is 2.16. The van der Waals surface area contributed by atoms with Crippen LogP contribution in [-0.2, 0) is 14.8 Å². The molecule has 3 aromatic rings. The summed E-state index contributed by atoms with van der Waals surface area (Å²) >= 11 is 0. The zero-order chi connectivity index (χ0) is 23.3. The number of carbonyl (C=O) groups is 1. The Morgan fingerprint density at radius 3 is 2.12 bits per heavy atom. The van der Waals surface area contributed by atoms with E-state index in [9.17, 15) is 13.2 Å². The number of aryl methyl sites for hydroxylation is 3. The van der Waals surface area contributed by atoms with E-state index in [0.717, 1.165) is 11.1 Å². The molecule has 8 heteroatoms. The summed E-state index contributed by atoms with van der Waals surface area (Å²) in [4.78, 5) is 12.3. The second-order valence-electron chi connectivity index (χ2n) is 7.47. The fourth-order valence-corrected chi connectivity index (χ4v) is 4.35. The van der Waals surface area contributed by atoms with Crippen LogP contribution in [0.5, 0.6) is 11.5 Å². The highest BCUT2D eigenvalue weighted by atomic mass is 32.2. The van der Waals surface area contributed by atoms with Gasteiger partial charge < -0.3 is 14.8 Å². The first kappa shape index (κ1) is 23.1. The molecule has 3 rings (SSSR count). The normalized spacial score (nSPS) is 11.0. The smallest absolute Gasteiger partial charge is 0.262 e. The lowest BCUT2D eigenvalue weighted by Crippen LogP contribution is -2.20. The van der Waals surface area contributed by atoms with Crippen molar-refractivity contribution >= 4 is 27.3 Å². The number of hydrogen-bond acceptors (Lipinski definition) is 5. The first-order valence-corrected chi connectivity index (χ1v) is 11.4. The Morgan fingerprint density at radius 2 is 1.53 bits per heavy atom. The van der Waals surface area contributed by atoms with Crippen molar-refractivity contribution in [3.8, 4) is 11.5 Å². The van der Waals surface area contributed by atoms with Crippen molar-refractivity contribution < 1.29 is 22.7 Å². The number of ether oxygens (including phenoxy) is 2. The topological polar surface area (TPSA) is 93.7 Å². The second kappa shape index (κ2) is 9.74. The lowest BCUT2D eigenvalue weighted by Gasteiger charge is -2.13. The van der Waals surface area contributed by atoms with Gasteiger partial charge in [0.2, 0.25) is 0 Å². The highest BCUT2D eigenvalue weighted by Crippen LogP contribution is 2.24. The van der Waals surface area contributed by atoms with E-state index in [2.05, 4.69) is 10.0 Å². The first-order valence-electron chi connectivity index (χ1n) is 9.95. The molecule has 0 saturated carbocycles. The molecule has 0 spiro atoms. The number of methoxy groups -OCH3 is 1. The highest BCUT2D eigenvalue weighted by molar-refractivity contribution is 7.92. The maximum absolute atomic E-state index is 12.7. The fraction of sp³-hybridized carbons (Fsp3) is 0.208. The van der Waals surface area contributed by atoms with E-state index in [-0.39, 0.29) is 17.4 Å². The molecule has 0 aliphatic heterocycles. The molecule has 3 aromatic carbocycles. The molecule has 0 unspecified atom stereocenters. The Balaban J connectivity index is 1.64. The van der Waals surface area contributed by atoms with Crippen LogP contribution in [0.2, 0.25) is 0 Å². The van der Waals surface area contributed by atoms with Crippen LogP contribution in [0.1, 0.15) is 16.7 Å². The predicted molar refractivity (Wildman–Crippen MR) is 125 cm³/mol. The number of nitrogens with one attached hydrogen (secondary N) is 2. The second-order valence-corrected chi connectivity index (χ2v) is 9.16. The molecule has 0 aromatic heterocycles. The Kier molecular flexibility index (Phi) is 7.05. The number of carbonyl (C=O) groups excluding carboxylic acids is 1. The zero-order valence-corrected chi connectivity index (χ0v) is 19.2. The van der Waals surface area contributed by atoms with Crippen molar-refractivity contribution in [2.75, 3.05) is 23.8 Å². The van der Waals surface area contributed by atoms with Gasteiger partial charge in [-0.05, 0) is 92.1 Å². The molecule has 7 nitrogen and oxygen atoms in total. The van der Waals surface area contributed by atoms with Crippen molar-refractivity contribution in [3.05, 3.63) is 77.4 Å². The minimum Gasteiger partial charge on any atom is -0.497 e. The molecule has 0 fully saturated rings. The van der Waals surface area contributed by atoms with Crippen molar-refractivity contribution in [2.45, 2.75) is 25.7 Å². The van der Waals surface area contributed by atoms with E-state index in [1.807, 2.05) is 32.0 Å². The summed E-state index contributed by atoms with van der Waals surface area (Å²) in [5.74, 6) is 0.767. The maximum atomic E-state index is 12.7. The summed E-state index contributed by atoms with van der Waals surface area (Å²) in [6, 6.07) is 16.9. The van der Waals surface area contributed by atoms with Crippen molar-refractivity contribution in [3.63, 3.8) is 0 Å². The lowest BCUT2D eigenvalue weighted by molar-refractivity contribution is -0.118. The van der Waals surface area contributed by atoms with Gasteiger partial charge in [0.15, 0.2) is 6.61 Å². The molecule has 0 saturated heterocycles. The van der Waals surface area contributed by atoms with Gasteiger partial charge in [-0.25, -0.2) is 8.42 Å². The molecule has 0 radical (unpaired) electrons. The van der Waals surface area contributed by atoms with Gasteiger partial charge in [-0.1, -0.05) is 6.07 Å². The minimum absolute atomic E-state index is 0.0952. The zero-order valence-electron chi connectivity index (χ0n) is 18.4. The van der Waals surface area contributed by atoms with E-state index in [4.69, 9.17) is 9.47 Å². The van der Waals surface area contributed by atoms with Crippen molar-refractivity contribution in [1.82, 2.24) is 0 Å². The van der Waals surface area contributed by atoms with Crippen LogP contribution in [0, 0.1) is 20.8 Å². The molecule has 1 amide bonds. The maximum Gasteiger partial charge on any atom is 0.262 e. The third-order valence-electron chi connectivity index (χ3n) is 4.66. The third kappa shape index (κ3) is 6.01. The monoisotopic (exact) mass is 454 g/mol. The van der Waals surface area contributed by atoms with Crippen LogP contribution in [0.25, 0.3) is 0 Å². The Labute approximate surface area is 188 Å². The number of amides is 1. The van der Waals surface area contributed by atoms with Gasteiger partial charge in [-0.15, -0.1) is 0 Å². The van der Waals surface area contributed by atoms with E-state index < -0.39 is 10.0 Å². The quantitative estimate of drug-likeness (QED) is 0.525. The molecule has 168 valence electrons. The van der Waals surface area contributed by atoms with Gasteiger partial charge in [-0.2, -0.15) is 0 Å². The van der Waals surface area contributed by atoms with Crippen LogP contribution in [0.15, 0.2) is 65.6 Å². The van der Waals surface area contributed by atoms with Crippen LogP contribution < -0.4 is 19.5 Å². The van der Waals surface area contributed by atoms with Crippen LogP contribution in [0.3, 0.4) is 0 Å². The van der Waals surface area contributed by atoms with Gasteiger partial charge >= 0.3 is 0 Å². The van der Waals surface area contributed by atoms with E-state index >= 15 is 0 Å². The molecule has 0 aliphatic carbocycles.